The topological polar surface area (TPSA) is 40.5 Å². The molecular formula is C15H16F3NO2. The van der Waals surface area contributed by atoms with Gasteiger partial charge in [-0.05, 0) is 48.9 Å². The highest BCUT2D eigenvalue weighted by Crippen LogP contribution is 2.42. The van der Waals surface area contributed by atoms with Crippen molar-refractivity contribution in [1.82, 2.24) is 4.90 Å². The van der Waals surface area contributed by atoms with E-state index in [1.165, 1.54) is 0 Å². The highest BCUT2D eigenvalue weighted by atomic mass is 19.4. The SMILES string of the molecule is O=C(N1CCCC2c3ccc(O)cc3CC[C@@H]21)C(F)(F)F. The lowest BCUT2D eigenvalue weighted by Gasteiger charge is -2.45. The van der Waals surface area contributed by atoms with Crippen LogP contribution < -0.4 is 0 Å². The summed E-state index contributed by atoms with van der Waals surface area (Å²) in [6.45, 7) is 0.174. The molecule has 0 bridgehead atoms. The highest BCUT2D eigenvalue weighted by Gasteiger charge is 2.48. The van der Waals surface area contributed by atoms with E-state index in [4.69, 9.17) is 0 Å². The van der Waals surface area contributed by atoms with Crippen LogP contribution in [0.15, 0.2) is 18.2 Å². The van der Waals surface area contributed by atoms with E-state index in [2.05, 4.69) is 0 Å². The zero-order valence-corrected chi connectivity index (χ0v) is 11.4. The predicted molar refractivity (Wildman–Crippen MR) is 70.0 cm³/mol. The lowest BCUT2D eigenvalue weighted by atomic mass is 9.74. The first kappa shape index (κ1) is 14.2. The molecule has 21 heavy (non-hydrogen) atoms. The summed E-state index contributed by atoms with van der Waals surface area (Å²) in [6, 6.07) is 4.63. The van der Waals surface area contributed by atoms with Crippen LogP contribution in [0.4, 0.5) is 13.2 Å². The molecule has 114 valence electrons. The van der Waals surface area contributed by atoms with Crippen LogP contribution in [-0.4, -0.2) is 34.7 Å². The van der Waals surface area contributed by atoms with E-state index in [1.807, 2.05) is 0 Å². The molecule has 1 aliphatic carbocycles. The predicted octanol–water partition coefficient (Wildman–Crippen LogP) is 2.98. The zero-order valence-electron chi connectivity index (χ0n) is 11.4. The van der Waals surface area contributed by atoms with Gasteiger partial charge in [0.05, 0.1) is 0 Å². The van der Waals surface area contributed by atoms with Crippen molar-refractivity contribution in [3.05, 3.63) is 29.3 Å². The molecule has 1 saturated heterocycles. The Hall–Kier alpha value is -1.72. The number of hydrogen-bond donors (Lipinski definition) is 1. The number of carbonyl (C=O) groups excluding carboxylic acids is 1. The molecule has 0 spiro atoms. The van der Waals surface area contributed by atoms with Gasteiger partial charge in [-0.3, -0.25) is 4.79 Å². The second kappa shape index (κ2) is 4.93. The molecule has 3 rings (SSSR count). The number of likely N-dealkylation sites (tertiary alicyclic amines) is 1. The fraction of sp³-hybridized carbons (Fsp3) is 0.533. The van der Waals surface area contributed by atoms with Crippen molar-refractivity contribution in [1.29, 1.82) is 0 Å². The van der Waals surface area contributed by atoms with Crippen LogP contribution in [0.3, 0.4) is 0 Å². The molecule has 0 saturated carbocycles. The molecule has 6 heteroatoms. The number of rotatable bonds is 0. The van der Waals surface area contributed by atoms with Crippen molar-refractivity contribution >= 4 is 5.91 Å². The number of piperidine rings is 1. The Morgan fingerprint density at radius 3 is 2.76 bits per heavy atom. The highest BCUT2D eigenvalue weighted by molar-refractivity contribution is 5.82. The molecule has 2 aliphatic rings. The lowest BCUT2D eigenvalue weighted by molar-refractivity contribution is -0.189. The van der Waals surface area contributed by atoms with Gasteiger partial charge in [0.25, 0.3) is 0 Å². The van der Waals surface area contributed by atoms with Crippen molar-refractivity contribution in [3.8, 4) is 5.75 Å². The third kappa shape index (κ3) is 2.47. The molecule has 1 unspecified atom stereocenters. The summed E-state index contributed by atoms with van der Waals surface area (Å²) in [5, 5.41) is 9.52. The molecule has 3 nitrogen and oxygen atoms in total. The minimum absolute atomic E-state index is 0.0607. The number of alkyl halides is 3. The van der Waals surface area contributed by atoms with Crippen LogP contribution in [0, 0.1) is 0 Å². The van der Waals surface area contributed by atoms with Crippen molar-refractivity contribution in [3.63, 3.8) is 0 Å². The number of nitrogens with zero attached hydrogens (tertiary/aromatic N) is 1. The van der Waals surface area contributed by atoms with Gasteiger partial charge in [0.1, 0.15) is 5.75 Å². The van der Waals surface area contributed by atoms with Gasteiger partial charge in [-0.15, -0.1) is 0 Å². The van der Waals surface area contributed by atoms with Crippen molar-refractivity contribution in [2.75, 3.05) is 6.54 Å². The summed E-state index contributed by atoms with van der Waals surface area (Å²) in [4.78, 5) is 12.6. The third-order valence-corrected chi connectivity index (χ3v) is 4.52. The van der Waals surface area contributed by atoms with Crippen molar-refractivity contribution < 1.29 is 23.1 Å². The standard InChI is InChI=1S/C15H16F3NO2/c16-15(17,18)14(21)19-7-1-2-12-11-5-4-10(20)8-9(11)3-6-13(12)19/h4-5,8,12-13,20H,1-3,6-7H2/t12?,13-/m0/s1. The number of aromatic hydroxyl groups is 1. The van der Waals surface area contributed by atoms with Crippen LogP contribution >= 0.6 is 0 Å². The third-order valence-electron chi connectivity index (χ3n) is 4.52. The first-order valence-corrected chi connectivity index (χ1v) is 7.07. The van der Waals surface area contributed by atoms with Gasteiger partial charge in [0.15, 0.2) is 0 Å². The van der Waals surface area contributed by atoms with Gasteiger partial charge in [-0.25, -0.2) is 0 Å². The van der Waals surface area contributed by atoms with E-state index in [1.54, 1.807) is 18.2 Å². The fourth-order valence-corrected chi connectivity index (χ4v) is 3.67. The molecule has 1 fully saturated rings. The molecule has 0 aromatic heterocycles. The summed E-state index contributed by atoms with van der Waals surface area (Å²) in [6.07, 6.45) is -2.35. The second-order valence-corrected chi connectivity index (χ2v) is 5.73. The minimum Gasteiger partial charge on any atom is -0.508 e. The molecule has 2 atom stereocenters. The lowest BCUT2D eigenvalue weighted by Crippen LogP contribution is -2.53. The van der Waals surface area contributed by atoms with Gasteiger partial charge in [-0.1, -0.05) is 6.07 Å². The van der Waals surface area contributed by atoms with Crippen LogP contribution in [0.1, 0.15) is 36.3 Å². The van der Waals surface area contributed by atoms with E-state index in [0.717, 1.165) is 22.4 Å². The van der Waals surface area contributed by atoms with Gasteiger partial charge in [0, 0.05) is 18.5 Å². The van der Waals surface area contributed by atoms with E-state index in [0.29, 0.717) is 19.3 Å². The molecular weight excluding hydrogens is 283 g/mol. The van der Waals surface area contributed by atoms with Crippen LogP contribution in [0.2, 0.25) is 0 Å². The number of aryl methyl sites for hydroxylation is 1. The summed E-state index contributed by atoms with van der Waals surface area (Å²) in [7, 11) is 0. The average Bonchev–Trinajstić information content (AvgIpc) is 2.44. The maximum atomic E-state index is 12.7. The molecule has 0 radical (unpaired) electrons. The Bertz CT molecular complexity index is 571. The van der Waals surface area contributed by atoms with Gasteiger partial charge in [-0.2, -0.15) is 13.2 Å². The summed E-state index contributed by atoms with van der Waals surface area (Å²) in [5.41, 5.74) is 1.96. The number of phenolic OH excluding ortho intramolecular Hbond substituents is 1. The Labute approximate surface area is 120 Å². The van der Waals surface area contributed by atoms with E-state index in [9.17, 15) is 23.1 Å². The molecule has 1 heterocycles. The largest absolute Gasteiger partial charge is 0.508 e. The van der Waals surface area contributed by atoms with E-state index in [-0.39, 0.29) is 24.3 Å². The van der Waals surface area contributed by atoms with Crippen molar-refractivity contribution in [2.24, 2.45) is 0 Å². The Kier molecular flexibility index (Phi) is 3.34. The maximum Gasteiger partial charge on any atom is 0.471 e. The molecule has 1 aliphatic heterocycles. The summed E-state index contributed by atoms with van der Waals surface area (Å²) < 4.78 is 38.2. The molecule has 1 amide bonds. The van der Waals surface area contributed by atoms with Crippen LogP contribution in [0.25, 0.3) is 0 Å². The first-order valence-electron chi connectivity index (χ1n) is 7.07. The molecule has 1 aromatic carbocycles. The Morgan fingerprint density at radius 1 is 1.29 bits per heavy atom. The smallest absolute Gasteiger partial charge is 0.471 e. The number of amides is 1. The van der Waals surface area contributed by atoms with Gasteiger partial charge in [0.2, 0.25) is 0 Å². The van der Waals surface area contributed by atoms with Crippen LogP contribution in [-0.2, 0) is 11.2 Å². The number of carbonyl (C=O) groups is 1. The number of fused-ring (bicyclic) bond motifs is 3. The van der Waals surface area contributed by atoms with E-state index < -0.39 is 12.1 Å². The second-order valence-electron chi connectivity index (χ2n) is 5.73. The molecule has 1 N–H and O–H groups in total. The number of hydrogen-bond acceptors (Lipinski definition) is 2. The number of phenols is 1. The minimum atomic E-state index is -4.81. The Balaban J connectivity index is 1.92. The van der Waals surface area contributed by atoms with Crippen LogP contribution in [0.5, 0.6) is 5.75 Å². The number of benzene rings is 1. The normalized spacial score (nSPS) is 25.2. The zero-order chi connectivity index (χ0) is 15.2. The van der Waals surface area contributed by atoms with Gasteiger partial charge >= 0.3 is 12.1 Å². The summed E-state index contributed by atoms with van der Waals surface area (Å²) >= 11 is 0. The van der Waals surface area contributed by atoms with Crippen molar-refractivity contribution in [2.45, 2.75) is 43.8 Å². The monoisotopic (exact) mass is 299 g/mol. The molecule has 1 aromatic rings. The quantitative estimate of drug-likeness (QED) is 0.800. The van der Waals surface area contributed by atoms with E-state index >= 15 is 0 Å². The fourth-order valence-electron chi connectivity index (χ4n) is 3.67. The average molecular weight is 299 g/mol. The maximum absolute atomic E-state index is 12.7. The first-order chi connectivity index (χ1) is 9.88. The van der Waals surface area contributed by atoms with Gasteiger partial charge < -0.3 is 10.0 Å². The Morgan fingerprint density at radius 2 is 2.05 bits per heavy atom. The number of halogens is 3. The summed E-state index contributed by atoms with van der Waals surface area (Å²) in [5.74, 6) is -1.61.